The van der Waals surface area contributed by atoms with Crippen molar-refractivity contribution < 1.29 is 8.81 Å². The van der Waals surface area contributed by atoms with Gasteiger partial charge in [-0.3, -0.25) is 0 Å². The van der Waals surface area contributed by atoms with E-state index in [-0.39, 0.29) is 0 Å². The van der Waals surface area contributed by atoms with Gasteiger partial charge in [0.2, 0.25) is 0 Å². The van der Waals surface area contributed by atoms with Gasteiger partial charge in [0.05, 0.1) is 18.2 Å². The number of pyridine rings is 1. The van der Waals surface area contributed by atoms with Gasteiger partial charge < -0.3 is 9.32 Å². The third-order valence-corrected chi connectivity index (χ3v) is 3.02. The summed E-state index contributed by atoms with van der Waals surface area (Å²) < 4.78 is 18.7. The normalized spacial score (nSPS) is 21.6. The van der Waals surface area contributed by atoms with Gasteiger partial charge in [0.15, 0.2) is 0 Å². The Morgan fingerprint density at radius 3 is 3.25 bits per heavy atom. The van der Waals surface area contributed by atoms with Crippen LogP contribution in [0.2, 0.25) is 0 Å². The van der Waals surface area contributed by atoms with Crippen molar-refractivity contribution in [2.24, 2.45) is 0 Å². The second-order valence-corrected chi connectivity index (χ2v) is 4.15. The lowest BCUT2D eigenvalue weighted by Crippen LogP contribution is -2.36. The minimum atomic E-state index is -0.738. The van der Waals surface area contributed by atoms with E-state index < -0.39 is 6.17 Å². The smallest absolute Gasteiger partial charge is 0.139 e. The molecule has 1 saturated heterocycles. The summed E-state index contributed by atoms with van der Waals surface area (Å²) in [5, 5.41) is 0.969. The Balaban J connectivity index is 2.01. The Labute approximate surface area is 92.9 Å². The summed E-state index contributed by atoms with van der Waals surface area (Å²) in [5.74, 6) is 0.841. The number of nitrogens with zero attached hydrogens (tertiary/aromatic N) is 2. The molecule has 1 fully saturated rings. The zero-order valence-electron chi connectivity index (χ0n) is 8.90. The van der Waals surface area contributed by atoms with Crippen molar-refractivity contribution in [2.45, 2.75) is 19.0 Å². The summed E-state index contributed by atoms with van der Waals surface area (Å²) in [5.41, 5.74) is 0.811. The van der Waals surface area contributed by atoms with Crippen LogP contribution in [0.5, 0.6) is 0 Å². The SMILES string of the molecule is FC1CCCN(c2nccc3occc23)C1. The number of halogens is 1. The van der Waals surface area contributed by atoms with Crippen LogP contribution in [-0.2, 0) is 0 Å². The first-order valence-electron chi connectivity index (χ1n) is 5.56. The molecule has 0 spiro atoms. The van der Waals surface area contributed by atoms with Crippen molar-refractivity contribution in [3.8, 4) is 0 Å². The molecule has 2 aromatic rings. The van der Waals surface area contributed by atoms with E-state index >= 15 is 0 Å². The fourth-order valence-corrected chi connectivity index (χ4v) is 2.25. The highest BCUT2D eigenvalue weighted by Crippen LogP contribution is 2.27. The highest BCUT2D eigenvalue weighted by Gasteiger charge is 2.21. The third-order valence-electron chi connectivity index (χ3n) is 3.02. The number of fused-ring (bicyclic) bond motifs is 1. The third kappa shape index (κ3) is 1.54. The lowest BCUT2D eigenvalue weighted by molar-refractivity contribution is 0.286. The van der Waals surface area contributed by atoms with Gasteiger partial charge in [-0.25, -0.2) is 9.37 Å². The van der Waals surface area contributed by atoms with Crippen LogP contribution < -0.4 is 4.90 Å². The minimum Gasteiger partial charge on any atom is -0.464 e. The molecule has 1 atom stereocenters. The first kappa shape index (κ1) is 9.63. The number of anilines is 1. The molecule has 3 heterocycles. The molecule has 0 aromatic carbocycles. The van der Waals surface area contributed by atoms with Crippen molar-refractivity contribution in [3.63, 3.8) is 0 Å². The van der Waals surface area contributed by atoms with E-state index in [9.17, 15) is 4.39 Å². The molecule has 84 valence electrons. The number of alkyl halides is 1. The zero-order valence-corrected chi connectivity index (χ0v) is 8.90. The largest absolute Gasteiger partial charge is 0.464 e. The molecule has 0 bridgehead atoms. The number of piperidine rings is 1. The van der Waals surface area contributed by atoms with Crippen LogP contribution >= 0.6 is 0 Å². The molecular formula is C12H13FN2O. The van der Waals surface area contributed by atoms with Gasteiger partial charge in [0, 0.05) is 12.7 Å². The Morgan fingerprint density at radius 1 is 1.44 bits per heavy atom. The molecule has 0 amide bonds. The molecule has 2 aromatic heterocycles. The van der Waals surface area contributed by atoms with Crippen LogP contribution in [0.25, 0.3) is 11.0 Å². The molecule has 4 heteroatoms. The van der Waals surface area contributed by atoms with Gasteiger partial charge >= 0.3 is 0 Å². The van der Waals surface area contributed by atoms with Crippen LogP contribution in [0.4, 0.5) is 10.2 Å². The topological polar surface area (TPSA) is 29.3 Å². The van der Waals surface area contributed by atoms with Crippen LogP contribution in [-0.4, -0.2) is 24.2 Å². The maximum absolute atomic E-state index is 13.4. The zero-order chi connectivity index (χ0) is 11.0. The van der Waals surface area contributed by atoms with E-state index in [1.807, 2.05) is 17.0 Å². The fraction of sp³-hybridized carbons (Fsp3) is 0.417. The van der Waals surface area contributed by atoms with E-state index in [0.29, 0.717) is 13.0 Å². The van der Waals surface area contributed by atoms with Crippen LogP contribution in [0, 0.1) is 0 Å². The summed E-state index contributed by atoms with van der Waals surface area (Å²) in [7, 11) is 0. The number of hydrogen-bond donors (Lipinski definition) is 0. The monoisotopic (exact) mass is 220 g/mol. The number of furan rings is 1. The van der Waals surface area contributed by atoms with Crippen LogP contribution in [0.1, 0.15) is 12.8 Å². The van der Waals surface area contributed by atoms with E-state index in [1.54, 1.807) is 12.5 Å². The summed E-state index contributed by atoms with van der Waals surface area (Å²) in [6.07, 6.45) is 4.17. The predicted molar refractivity (Wildman–Crippen MR) is 60.4 cm³/mol. The van der Waals surface area contributed by atoms with Crippen molar-refractivity contribution in [2.75, 3.05) is 18.0 Å². The average Bonchev–Trinajstić information content (AvgIpc) is 2.76. The van der Waals surface area contributed by atoms with Gasteiger partial charge in [-0.15, -0.1) is 0 Å². The van der Waals surface area contributed by atoms with E-state index in [2.05, 4.69) is 4.98 Å². The fourth-order valence-electron chi connectivity index (χ4n) is 2.25. The van der Waals surface area contributed by atoms with Crippen LogP contribution in [0.15, 0.2) is 29.0 Å². The lowest BCUT2D eigenvalue weighted by atomic mass is 10.1. The first-order chi connectivity index (χ1) is 7.84. The lowest BCUT2D eigenvalue weighted by Gasteiger charge is -2.30. The molecule has 0 aliphatic carbocycles. The molecule has 0 saturated carbocycles. The Kier molecular flexibility index (Phi) is 2.27. The summed E-state index contributed by atoms with van der Waals surface area (Å²) in [6.45, 7) is 1.31. The molecule has 16 heavy (non-hydrogen) atoms. The quantitative estimate of drug-likeness (QED) is 0.740. The maximum Gasteiger partial charge on any atom is 0.139 e. The Morgan fingerprint density at radius 2 is 2.38 bits per heavy atom. The Hall–Kier alpha value is -1.58. The maximum atomic E-state index is 13.4. The van der Waals surface area contributed by atoms with Gasteiger partial charge in [0.1, 0.15) is 17.6 Å². The molecule has 1 unspecified atom stereocenters. The van der Waals surface area contributed by atoms with Gasteiger partial charge in [-0.1, -0.05) is 0 Å². The van der Waals surface area contributed by atoms with E-state index in [1.165, 1.54) is 0 Å². The molecule has 1 aliphatic rings. The Bertz CT molecular complexity index is 496. The summed E-state index contributed by atoms with van der Waals surface area (Å²) in [6, 6.07) is 3.72. The molecule has 0 N–H and O–H groups in total. The number of rotatable bonds is 1. The summed E-state index contributed by atoms with van der Waals surface area (Å²) >= 11 is 0. The molecule has 0 radical (unpaired) electrons. The van der Waals surface area contributed by atoms with Crippen molar-refractivity contribution >= 4 is 16.8 Å². The molecular weight excluding hydrogens is 207 g/mol. The first-order valence-corrected chi connectivity index (χ1v) is 5.56. The number of aromatic nitrogens is 1. The second-order valence-electron chi connectivity index (χ2n) is 4.15. The molecule has 3 nitrogen and oxygen atoms in total. The number of hydrogen-bond acceptors (Lipinski definition) is 3. The van der Waals surface area contributed by atoms with E-state index in [4.69, 9.17) is 4.42 Å². The highest BCUT2D eigenvalue weighted by molar-refractivity contribution is 5.88. The van der Waals surface area contributed by atoms with Crippen molar-refractivity contribution in [3.05, 3.63) is 24.6 Å². The molecule has 3 rings (SSSR count). The second kappa shape index (κ2) is 3.77. The standard InChI is InChI=1S/C12H13FN2O/c13-9-2-1-6-15(8-9)12-10-4-7-16-11(10)3-5-14-12/h3-5,7,9H,1-2,6,8H2. The predicted octanol–water partition coefficient (Wildman–Crippen LogP) is 2.77. The summed E-state index contributed by atoms with van der Waals surface area (Å²) in [4.78, 5) is 6.34. The highest BCUT2D eigenvalue weighted by atomic mass is 19.1. The van der Waals surface area contributed by atoms with Gasteiger partial charge in [-0.05, 0) is 25.0 Å². The minimum absolute atomic E-state index is 0.442. The van der Waals surface area contributed by atoms with Crippen molar-refractivity contribution in [1.29, 1.82) is 0 Å². The van der Waals surface area contributed by atoms with Crippen LogP contribution in [0.3, 0.4) is 0 Å². The van der Waals surface area contributed by atoms with Gasteiger partial charge in [0.25, 0.3) is 0 Å². The van der Waals surface area contributed by atoms with Crippen molar-refractivity contribution in [1.82, 2.24) is 4.98 Å². The van der Waals surface area contributed by atoms with E-state index in [0.717, 1.165) is 29.8 Å². The molecule has 1 aliphatic heterocycles. The average molecular weight is 220 g/mol. The van der Waals surface area contributed by atoms with Gasteiger partial charge in [-0.2, -0.15) is 0 Å².